The van der Waals surface area contributed by atoms with E-state index < -0.39 is 0 Å². The topological polar surface area (TPSA) is 21.8 Å². The molecule has 2 fully saturated rings. The second-order valence-electron chi connectivity index (χ2n) is 8.70. The third-order valence-corrected chi connectivity index (χ3v) is 6.57. The summed E-state index contributed by atoms with van der Waals surface area (Å²) in [7, 11) is 4.31. The van der Waals surface area contributed by atoms with Crippen LogP contribution in [0.2, 0.25) is 0 Å². The molecule has 1 N–H and O–H groups in total. The Hall–Kier alpha value is -1.95. The van der Waals surface area contributed by atoms with Crippen LogP contribution in [0.5, 0.6) is 0 Å². The van der Waals surface area contributed by atoms with Crippen molar-refractivity contribution in [3.63, 3.8) is 0 Å². The number of anilines is 1. The Kier molecular flexibility index (Phi) is 6.18. The smallest absolute Gasteiger partial charge is 0.127 e. The molecule has 2 aliphatic rings. The number of benzene rings is 2. The maximum atomic E-state index is 14.4. The van der Waals surface area contributed by atoms with Gasteiger partial charge in [-0.05, 0) is 50.3 Å². The van der Waals surface area contributed by atoms with E-state index in [1.165, 1.54) is 11.3 Å². The van der Waals surface area contributed by atoms with E-state index >= 15 is 0 Å². The molecule has 2 aromatic rings. The second-order valence-corrected chi connectivity index (χ2v) is 8.70. The molecule has 156 valence electrons. The predicted octanol–water partition coefficient (Wildman–Crippen LogP) is 3.07. The first-order valence-corrected chi connectivity index (χ1v) is 10.7. The molecule has 2 heterocycles. The number of nitrogens with zero attached hydrogens (tertiary/aromatic N) is 3. The van der Waals surface area contributed by atoms with Gasteiger partial charge in [0.25, 0.3) is 0 Å². The van der Waals surface area contributed by atoms with Crippen molar-refractivity contribution in [1.29, 1.82) is 0 Å². The molecule has 0 bridgehead atoms. The summed E-state index contributed by atoms with van der Waals surface area (Å²) in [6.45, 7) is 8.85. The molecule has 5 heteroatoms. The van der Waals surface area contributed by atoms with E-state index in [2.05, 4.69) is 58.4 Å². The van der Waals surface area contributed by atoms with Crippen LogP contribution in [0.25, 0.3) is 0 Å². The highest BCUT2D eigenvalue weighted by atomic mass is 19.1. The number of aryl methyl sites for hydroxylation is 1. The fraction of sp³-hybridized carbons (Fsp3) is 0.500. The summed E-state index contributed by atoms with van der Waals surface area (Å²) in [6.07, 6.45) is 0. The van der Waals surface area contributed by atoms with Gasteiger partial charge in [0.15, 0.2) is 0 Å². The summed E-state index contributed by atoms with van der Waals surface area (Å²) in [6, 6.07) is 15.0. The molecule has 0 spiro atoms. The minimum absolute atomic E-state index is 0.0878. The van der Waals surface area contributed by atoms with E-state index in [1.807, 2.05) is 13.0 Å². The van der Waals surface area contributed by atoms with Crippen LogP contribution in [0.4, 0.5) is 10.1 Å². The van der Waals surface area contributed by atoms with Gasteiger partial charge >= 0.3 is 0 Å². The average Bonchev–Trinajstić information content (AvgIpc) is 3.16. The highest BCUT2D eigenvalue weighted by Gasteiger charge is 2.35. The van der Waals surface area contributed by atoms with Crippen molar-refractivity contribution in [3.05, 3.63) is 65.0 Å². The van der Waals surface area contributed by atoms with Crippen molar-refractivity contribution in [2.24, 2.45) is 0 Å². The lowest BCUT2D eigenvalue weighted by molar-refractivity contribution is 0.258. The minimum atomic E-state index is -0.0878. The number of piperazine rings is 1. The van der Waals surface area contributed by atoms with Crippen molar-refractivity contribution in [2.75, 3.05) is 58.3 Å². The Bertz CT molecular complexity index is 794. The molecule has 29 heavy (non-hydrogen) atoms. The molecule has 2 aromatic carbocycles. The van der Waals surface area contributed by atoms with E-state index in [0.717, 1.165) is 50.4 Å². The molecule has 2 atom stereocenters. The molecule has 2 aliphatic heterocycles. The van der Waals surface area contributed by atoms with Gasteiger partial charge in [0.1, 0.15) is 5.82 Å². The van der Waals surface area contributed by atoms with Crippen molar-refractivity contribution in [3.8, 4) is 0 Å². The van der Waals surface area contributed by atoms with Crippen LogP contribution < -0.4 is 10.2 Å². The normalized spacial score (nSPS) is 23.1. The van der Waals surface area contributed by atoms with Crippen LogP contribution in [0.3, 0.4) is 0 Å². The van der Waals surface area contributed by atoms with Gasteiger partial charge in [-0.1, -0.05) is 24.3 Å². The minimum Gasteiger partial charge on any atom is -0.369 e. The highest BCUT2D eigenvalue weighted by Crippen LogP contribution is 2.33. The fourth-order valence-corrected chi connectivity index (χ4v) is 4.79. The average molecular weight is 397 g/mol. The lowest BCUT2D eigenvalue weighted by Crippen LogP contribution is -2.43. The quantitative estimate of drug-likeness (QED) is 0.838. The van der Waals surface area contributed by atoms with Crippen LogP contribution in [0.15, 0.2) is 42.5 Å². The van der Waals surface area contributed by atoms with Gasteiger partial charge in [0.05, 0.1) is 0 Å². The van der Waals surface area contributed by atoms with Crippen LogP contribution in [0, 0.1) is 12.7 Å². The Morgan fingerprint density at radius 2 is 1.76 bits per heavy atom. The summed E-state index contributed by atoms with van der Waals surface area (Å²) in [5.41, 5.74) is 4.57. The molecule has 0 saturated carbocycles. The lowest BCUT2D eigenvalue weighted by Gasteiger charge is -2.30. The molecule has 4 rings (SSSR count). The van der Waals surface area contributed by atoms with Gasteiger partial charge in [-0.25, -0.2) is 4.39 Å². The molecule has 4 nitrogen and oxygen atoms in total. The Morgan fingerprint density at radius 3 is 2.41 bits per heavy atom. The number of nitrogens with one attached hydrogen (secondary N) is 1. The fourth-order valence-electron chi connectivity index (χ4n) is 4.79. The first-order valence-electron chi connectivity index (χ1n) is 10.7. The molecule has 0 aromatic heterocycles. The zero-order valence-corrected chi connectivity index (χ0v) is 17.9. The predicted molar refractivity (Wildman–Crippen MR) is 118 cm³/mol. The number of hydrogen-bond acceptors (Lipinski definition) is 4. The highest BCUT2D eigenvalue weighted by molar-refractivity contribution is 5.49. The SMILES string of the molecule is Cc1cccc(F)c1CN1C[C@H](c2ccc(N3CCNCC3)cc2)[C@@H](N(C)C)C1. The van der Waals surface area contributed by atoms with Crippen molar-refractivity contribution in [2.45, 2.75) is 25.4 Å². The Balaban J connectivity index is 1.50. The summed E-state index contributed by atoms with van der Waals surface area (Å²) in [5.74, 6) is 0.351. The standard InChI is InChI=1S/C24H33FN4/c1-18-5-4-6-23(25)21(18)15-28-16-22(24(17-28)27(2)3)19-7-9-20(10-8-19)29-13-11-26-12-14-29/h4-10,22,24,26H,11-17H2,1-3H3/t22-,24+/m1/s1. The Labute approximate surface area is 174 Å². The number of hydrogen-bond donors (Lipinski definition) is 1. The largest absolute Gasteiger partial charge is 0.369 e. The van der Waals surface area contributed by atoms with E-state index in [9.17, 15) is 4.39 Å². The molecular formula is C24H33FN4. The van der Waals surface area contributed by atoms with E-state index in [1.54, 1.807) is 12.1 Å². The molecular weight excluding hydrogens is 363 g/mol. The van der Waals surface area contributed by atoms with Gasteiger partial charge in [0.2, 0.25) is 0 Å². The lowest BCUT2D eigenvalue weighted by atomic mass is 9.93. The van der Waals surface area contributed by atoms with E-state index in [4.69, 9.17) is 0 Å². The first kappa shape index (κ1) is 20.3. The third-order valence-electron chi connectivity index (χ3n) is 6.57. The first-order chi connectivity index (χ1) is 14.0. The molecule has 0 aliphatic carbocycles. The van der Waals surface area contributed by atoms with Gasteiger partial charge in [-0.15, -0.1) is 0 Å². The third kappa shape index (κ3) is 4.47. The molecule has 0 amide bonds. The Morgan fingerprint density at radius 1 is 1.03 bits per heavy atom. The zero-order chi connectivity index (χ0) is 20.4. The summed E-state index contributed by atoms with van der Waals surface area (Å²) >= 11 is 0. The van der Waals surface area contributed by atoms with Crippen LogP contribution in [0.1, 0.15) is 22.6 Å². The van der Waals surface area contributed by atoms with Crippen LogP contribution in [-0.2, 0) is 6.54 Å². The van der Waals surface area contributed by atoms with Gasteiger partial charge in [-0.3, -0.25) is 4.90 Å². The molecule has 0 radical (unpaired) electrons. The monoisotopic (exact) mass is 396 g/mol. The number of halogens is 1. The summed E-state index contributed by atoms with van der Waals surface area (Å²) in [4.78, 5) is 7.18. The molecule has 2 saturated heterocycles. The van der Waals surface area contributed by atoms with Crippen molar-refractivity contribution in [1.82, 2.24) is 15.1 Å². The van der Waals surface area contributed by atoms with Crippen molar-refractivity contribution < 1.29 is 4.39 Å². The number of likely N-dealkylation sites (N-methyl/N-ethyl adjacent to an activating group) is 1. The van der Waals surface area contributed by atoms with Crippen LogP contribution in [-0.4, -0.2) is 69.2 Å². The van der Waals surface area contributed by atoms with E-state index in [0.29, 0.717) is 18.5 Å². The maximum absolute atomic E-state index is 14.4. The van der Waals surface area contributed by atoms with Gasteiger partial charge < -0.3 is 15.1 Å². The van der Waals surface area contributed by atoms with Gasteiger partial charge in [-0.2, -0.15) is 0 Å². The second kappa shape index (κ2) is 8.82. The van der Waals surface area contributed by atoms with Crippen LogP contribution >= 0.6 is 0 Å². The molecule has 0 unspecified atom stereocenters. The number of likely N-dealkylation sites (tertiary alicyclic amines) is 1. The summed E-state index contributed by atoms with van der Waals surface area (Å²) < 4.78 is 14.4. The van der Waals surface area contributed by atoms with E-state index in [-0.39, 0.29) is 5.82 Å². The van der Waals surface area contributed by atoms with Crippen molar-refractivity contribution >= 4 is 5.69 Å². The van der Waals surface area contributed by atoms with Gasteiger partial charge in [0, 0.05) is 69.0 Å². The summed E-state index contributed by atoms with van der Waals surface area (Å²) in [5, 5.41) is 3.41. The zero-order valence-electron chi connectivity index (χ0n) is 17.9. The number of rotatable bonds is 5. The maximum Gasteiger partial charge on any atom is 0.127 e.